The number of nitrogens with zero attached hydrogens (tertiary/aromatic N) is 1. The summed E-state index contributed by atoms with van der Waals surface area (Å²) >= 11 is 0. The van der Waals surface area contributed by atoms with Crippen LogP contribution in [0.3, 0.4) is 0 Å². The number of hydrogen-bond donors (Lipinski definition) is 1. The molecular weight excluding hydrogens is 240 g/mol. The summed E-state index contributed by atoms with van der Waals surface area (Å²) < 4.78 is 25.7. The van der Waals surface area contributed by atoms with E-state index in [0.29, 0.717) is 0 Å². The van der Waals surface area contributed by atoms with Gasteiger partial charge in [-0.15, -0.1) is 0 Å². The van der Waals surface area contributed by atoms with Gasteiger partial charge in [-0.1, -0.05) is 18.2 Å². The number of hydrogen-bond acceptors (Lipinski definition) is 3. The van der Waals surface area contributed by atoms with Crippen molar-refractivity contribution in [2.24, 2.45) is 0 Å². The highest BCUT2D eigenvalue weighted by molar-refractivity contribution is 6.09. The van der Waals surface area contributed by atoms with Crippen molar-refractivity contribution < 1.29 is 18.7 Å². The lowest BCUT2D eigenvalue weighted by Gasteiger charge is -2.09. The van der Waals surface area contributed by atoms with Crippen LogP contribution in [0, 0.1) is 0 Å². The molecule has 1 heterocycles. The number of carbonyl (C=O) groups excluding carboxylic acids is 1. The Kier molecular flexibility index (Phi) is 3.32. The van der Waals surface area contributed by atoms with E-state index in [-0.39, 0.29) is 11.3 Å². The number of aromatic nitrogens is 1. The Hall–Kier alpha value is -2.30. The van der Waals surface area contributed by atoms with Crippen LogP contribution in [0.2, 0.25) is 0 Å². The number of carbonyl (C=O) groups is 1. The van der Waals surface area contributed by atoms with Crippen molar-refractivity contribution in [2.45, 2.75) is 6.43 Å². The smallest absolute Gasteiger partial charge is 0.268 e. The number of rotatable bonds is 3. The van der Waals surface area contributed by atoms with Crippen molar-refractivity contribution in [3.63, 3.8) is 0 Å². The van der Waals surface area contributed by atoms with E-state index < -0.39 is 23.5 Å². The first-order valence-electron chi connectivity index (χ1n) is 5.17. The fraction of sp³-hybridized carbons (Fsp3) is 0.0769. The summed E-state index contributed by atoms with van der Waals surface area (Å²) in [6.07, 6.45) is -1.52. The van der Waals surface area contributed by atoms with Crippen molar-refractivity contribution in [3.05, 3.63) is 59.4 Å². The Morgan fingerprint density at radius 3 is 2.56 bits per heavy atom. The molecule has 0 atom stereocenters. The predicted molar refractivity (Wildman–Crippen MR) is 60.7 cm³/mol. The molecule has 1 N–H and O–H groups in total. The summed E-state index contributed by atoms with van der Waals surface area (Å²) in [5, 5.41) is 9.40. The van der Waals surface area contributed by atoms with E-state index in [0.717, 1.165) is 6.07 Å². The van der Waals surface area contributed by atoms with Crippen LogP contribution in [-0.2, 0) is 0 Å². The molecule has 0 radical (unpaired) electrons. The molecule has 0 aliphatic rings. The second-order valence-electron chi connectivity index (χ2n) is 3.58. The van der Waals surface area contributed by atoms with Gasteiger partial charge in [-0.3, -0.25) is 9.78 Å². The number of phenolic OH excluding ortho intramolecular Hbond substituents is 1. The van der Waals surface area contributed by atoms with Gasteiger partial charge in [0.25, 0.3) is 6.43 Å². The molecule has 92 valence electrons. The monoisotopic (exact) mass is 249 g/mol. The van der Waals surface area contributed by atoms with E-state index in [1.54, 1.807) is 12.1 Å². The maximum absolute atomic E-state index is 12.8. The van der Waals surface area contributed by atoms with Crippen LogP contribution in [0.5, 0.6) is 5.75 Å². The lowest BCUT2D eigenvalue weighted by Crippen LogP contribution is -2.07. The summed E-state index contributed by atoms with van der Waals surface area (Å²) in [5.41, 5.74) is -0.832. The van der Waals surface area contributed by atoms with Gasteiger partial charge in [0.1, 0.15) is 11.4 Å². The molecule has 0 bridgehead atoms. The fourth-order valence-electron chi connectivity index (χ4n) is 1.62. The van der Waals surface area contributed by atoms with Gasteiger partial charge in [0.15, 0.2) is 0 Å². The Bertz CT molecular complexity index is 570. The van der Waals surface area contributed by atoms with Crippen molar-refractivity contribution in [1.29, 1.82) is 0 Å². The fourth-order valence-corrected chi connectivity index (χ4v) is 1.62. The normalized spacial score (nSPS) is 10.6. The molecule has 0 fully saturated rings. The molecule has 0 amide bonds. The van der Waals surface area contributed by atoms with Gasteiger partial charge in [0.05, 0.1) is 5.56 Å². The molecular formula is C13H9F2NO2. The Balaban J connectivity index is 2.52. The number of ketones is 1. The van der Waals surface area contributed by atoms with Crippen LogP contribution in [0.25, 0.3) is 0 Å². The highest BCUT2D eigenvalue weighted by Gasteiger charge is 2.23. The van der Waals surface area contributed by atoms with Gasteiger partial charge in [-0.05, 0) is 18.2 Å². The maximum atomic E-state index is 12.8. The Morgan fingerprint density at radius 1 is 1.17 bits per heavy atom. The Labute approximate surface area is 102 Å². The van der Waals surface area contributed by atoms with Crippen molar-refractivity contribution >= 4 is 5.78 Å². The molecule has 2 rings (SSSR count). The molecule has 0 saturated heterocycles. The molecule has 1 aromatic carbocycles. The highest BCUT2D eigenvalue weighted by Crippen LogP contribution is 2.32. The number of pyridine rings is 1. The van der Waals surface area contributed by atoms with Crippen molar-refractivity contribution in [3.8, 4) is 5.75 Å². The molecule has 2 aromatic rings. The average Bonchev–Trinajstić information content (AvgIpc) is 2.38. The van der Waals surface area contributed by atoms with Gasteiger partial charge in [-0.2, -0.15) is 0 Å². The van der Waals surface area contributed by atoms with Gasteiger partial charge >= 0.3 is 0 Å². The topological polar surface area (TPSA) is 50.2 Å². The highest BCUT2D eigenvalue weighted by atomic mass is 19.3. The van der Waals surface area contributed by atoms with E-state index in [1.165, 1.54) is 24.4 Å². The minimum atomic E-state index is -2.92. The largest absolute Gasteiger partial charge is 0.507 e. The third kappa shape index (κ3) is 2.20. The zero-order valence-corrected chi connectivity index (χ0v) is 9.18. The first kappa shape index (κ1) is 12.2. The maximum Gasteiger partial charge on any atom is 0.268 e. The summed E-state index contributed by atoms with van der Waals surface area (Å²) in [5.74, 6) is -1.23. The molecule has 0 aliphatic heterocycles. The van der Waals surface area contributed by atoms with Crippen LogP contribution in [0.4, 0.5) is 8.78 Å². The van der Waals surface area contributed by atoms with Crippen LogP contribution in [0.15, 0.2) is 42.6 Å². The van der Waals surface area contributed by atoms with Crippen molar-refractivity contribution in [2.75, 3.05) is 0 Å². The zero-order valence-electron chi connectivity index (χ0n) is 9.18. The number of alkyl halides is 2. The van der Waals surface area contributed by atoms with E-state index in [4.69, 9.17) is 0 Å². The number of phenols is 1. The predicted octanol–water partition coefficient (Wildman–Crippen LogP) is 2.96. The van der Waals surface area contributed by atoms with E-state index in [2.05, 4.69) is 4.98 Å². The lowest BCUT2D eigenvalue weighted by molar-refractivity contribution is 0.101. The van der Waals surface area contributed by atoms with Gasteiger partial charge in [0, 0.05) is 11.8 Å². The summed E-state index contributed by atoms with van der Waals surface area (Å²) in [6, 6.07) is 8.35. The third-order valence-corrected chi connectivity index (χ3v) is 2.44. The molecule has 1 aromatic heterocycles. The van der Waals surface area contributed by atoms with Gasteiger partial charge in [-0.25, -0.2) is 8.78 Å². The van der Waals surface area contributed by atoms with Crippen LogP contribution in [-0.4, -0.2) is 15.9 Å². The first-order chi connectivity index (χ1) is 8.61. The minimum absolute atomic E-state index is 0.0602. The molecule has 0 spiro atoms. The van der Waals surface area contributed by atoms with Crippen LogP contribution < -0.4 is 0 Å². The van der Waals surface area contributed by atoms with Crippen LogP contribution in [0.1, 0.15) is 28.0 Å². The molecule has 18 heavy (non-hydrogen) atoms. The van der Waals surface area contributed by atoms with E-state index in [9.17, 15) is 18.7 Å². The molecule has 0 aliphatic carbocycles. The second-order valence-corrected chi connectivity index (χ2v) is 3.58. The first-order valence-corrected chi connectivity index (χ1v) is 5.17. The van der Waals surface area contributed by atoms with Gasteiger partial charge < -0.3 is 5.11 Å². The minimum Gasteiger partial charge on any atom is -0.507 e. The molecule has 0 unspecified atom stereocenters. The summed E-state index contributed by atoms with van der Waals surface area (Å²) in [4.78, 5) is 15.8. The lowest BCUT2D eigenvalue weighted by atomic mass is 10.0. The molecule has 3 nitrogen and oxygen atoms in total. The van der Waals surface area contributed by atoms with Gasteiger partial charge in [0.2, 0.25) is 5.78 Å². The Morgan fingerprint density at radius 2 is 1.94 bits per heavy atom. The quantitative estimate of drug-likeness (QED) is 0.851. The number of halogens is 2. The summed E-state index contributed by atoms with van der Waals surface area (Å²) in [6.45, 7) is 0. The standard InChI is InChI=1S/C13H9F2NO2/c14-13(15)11-8(4-3-6-10(11)17)12(18)9-5-1-2-7-16-9/h1-7,13,17H. The van der Waals surface area contributed by atoms with Crippen molar-refractivity contribution in [1.82, 2.24) is 4.98 Å². The SMILES string of the molecule is O=C(c1ccccn1)c1cccc(O)c1C(F)F. The molecule has 0 saturated carbocycles. The third-order valence-electron chi connectivity index (χ3n) is 2.44. The van der Waals surface area contributed by atoms with Crippen LogP contribution >= 0.6 is 0 Å². The molecule has 5 heteroatoms. The van der Waals surface area contributed by atoms with E-state index >= 15 is 0 Å². The number of aromatic hydroxyl groups is 1. The number of benzene rings is 1. The second kappa shape index (κ2) is 4.91. The zero-order chi connectivity index (χ0) is 13.1. The van der Waals surface area contributed by atoms with E-state index in [1.807, 2.05) is 0 Å². The average molecular weight is 249 g/mol. The summed E-state index contributed by atoms with van der Waals surface area (Å²) in [7, 11) is 0.